The Hall–Kier alpha value is -2.15. The summed E-state index contributed by atoms with van der Waals surface area (Å²) in [5.74, 6) is 0.349. The van der Waals surface area contributed by atoms with E-state index in [0.29, 0.717) is 18.7 Å². The molecule has 0 spiro atoms. The van der Waals surface area contributed by atoms with Crippen molar-refractivity contribution in [3.8, 4) is 0 Å². The average Bonchev–Trinajstić information content (AvgIpc) is 3.29. The average molecular weight is 373 g/mol. The quantitative estimate of drug-likeness (QED) is 0.829. The molecule has 0 saturated carbocycles. The summed E-state index contributed by atoms with van der Waals surface area (Å²) in [6, 6.07) is 9.59. The molecule has 1 saturated heterocycles. The highest BCUT2D eigenvalue weighted by Crippen LogP contribution is 2.31. The highest BCUT2D eigenvalue weighted by atomic mass is 32.2. The van der Waals surface area contributed by atoms with Gasteiger partial charge in [0.15, 0.2) is 15.5 Å². The van der Waals surface area contributed by atoms with E-state index in [9.17, 15) is 13.2 Å². The number of rotatable bonds is 3. The maximum absolute atomic E-state index is 13.1. The minimum atomic E-state index is -3.01. The standard InChI is InChI=1S/C19H23N3O3S/c1-13(2)18-11-16(20-22(18)15-8-10-26(24,25)12-15)19(23)21-9-7-14-5-3-4-6-17(14)21/h3-6,11,13,15H,7-10,12H2,1-2H3. The van der Waals surface area contributed by atoms with Gasteiger partial charge >= 0.3 is 0 Å². The van der Waals surface area contributed by atoms with E-state index in [1.165, 1.54) is 5.56 Å². The predicted octanol–water partition coefficient (Wildman–Crippen LogP) is 2.57. The van der Waals surface area contributed by atoms with Crippen molar-refractivity contribution < 1.29 is 13.2 Å². The lowest BCUT2D eigenvalue weighted by Gasteiger charge is -2.16. The third-order valence-corrected chi connectivity index (χ3v) is 7.01. The highest BCUT2D eigenvalue weighted by Gasteiger charge is 2.33. The lowest BCUT2D eigenvalue weighted by molar-refractivity contribution is 0.0983. The fourth-order valence-corrected chi connectivity index (χ4v) is 5.58. The Kier molecular flexibility index (Phi) is 4.14. The Balaban J connectivity index is 1.68. The minimum absolute atomic E-state index is 0.106. The summed E-state index contributed by atoms with van der Waals surface area (Å²) in [6.45, 7) is 4.73. The number of nitrogens with zero attached hydrogens (tertiary/aromatic N) is 3. The fraction of sp³-hybridized carbons (Fsp3) is 0.474. The van der Waals surface area contributed by atoms with Gasteiger partial charge in [-0.1, -0.05) is 32.0 Å². The van der Waals surface area contributed by atoms with Gasteiger partial charge < -0.3 is 4.90 Å². The van der Waals surface area contributed by atoms with Gasteiger partial charge in [0.05, 0.1) is 17.5 Å². The number of sulfone groups is 1. The molecule has 0 bridgehead atoms. The van der Waals surface area contributed by atoms with Gasteiger partial charge in [-0.05, 0) is 36.5 Å². The molecule has 1 atom stereocenters. The third-order valence-electron chi connectivity index (χ3n) is 5.26. The van der Waals surface area contributed by atoms with Crippen LogP contribution in [0, 0.1) is 0 Å². The van der Waals surface area contributed by atoms with Crippen LogP contribution in [0.1, 0.15) is 54.0 Å². The predicted molar refractivity (Wildman–Crippen MR) is 100 cm³/mol. The van der Waals surface area contributed by atoms with Crippen molar-refractivity contribution >= 4 is 21.4 Å². The summed E-state index contributed by atoms with van der Waals surface area (Å²) in [7, 11) is -3.01. The van der Waals surface area contributed by atoms with Crippen LogP contribution in [0.25, 0.3) is 0 Å². The Labute approximate surface area is 153 Å². The number of benzene rings is 1. The molecule has 1 amide bonds. The summed E-state index contributed by atoms with van der Waals surface area (Å²) in [5, 5.41) is 4.56. The Morgan fingerprint density at radius 1 is 1.27 bits per heavy atom. The van der Waals surface area contributed by atoms with E-state index in [-0.39, 0.29) is 29.4 Å². The summed E-state index contributed by atoms with van der Waals surface area (Å²) in [6.07, 6.45) is 1.41. The molecule has 26 heavy (non-hydrogen) atoms. The Bertz CT molecular complexity index is 962. The van der Waals surface area contributed by atoms with Gasteiger partial charge in [0.2, 0.25) is 0 Å². The summed E-state index contributed by atoms with van der Waals surface area (Å²) >= 11 is 0. The van der Waals surface area contributed by atoms with Gasteiger partial charge in [-0.3, -0.25) is 9.48 Å². The molecule has 1 aromatic heterocycles. The smallest absolute Gasteiger partial charge is 0.278 e. The first-order valence-electron chi connectivity index (χ1n) is 9.05. The number of anilines is 1. The zero-order valence-corrected chi connectivity index (χ0v) is 15.9. The van der Waals surface area contributed by atoms with E-state index in [0.717, 1.165) is 17.8 Å². The molecule has 0 aliphatic carbocycles. The van der Waals surface area contributed by atoms with Gasteiger partial charge in [0, 0.05) is 17.9 Å². The van der Waals surface area contributed by atoms with Crippen molar-refractivity contribution in [3.05, 3.63) is 47.3 Å². The topological polar surface area (TPSA) is 72.3 Å². The molecule has 2 aromatic rings. The SMILES string of the molecule is CC(C)c1cc(C(=O)N2CCc3ccccc32)nn1C1CCS(=O)(=O)C1. The van der Waals surface area contributed by atoms with Crippen LogP contribution in [0.2, 0.25) is 0 Å². The summed E-state index contributed by atoms with van der Waals surface area (Å²) < 4.78 is 25.5. The van der Waals surface area contributed by atoms with Crippen LogP contribution in [0.5, 0.6) is 0 Å². The van der Waals surface area contributed by atoms with Crippen molar-refractivity contribution in [2.24, 2.45) is 0 Å². The lowest BCUT2D eigenvalue weighted by Crippen LogP contribution is -2.29. The number of hydrogen-bond acceptors (Lipinski definition) is 4. The van der Waals surface area contributed by atoms with Crippen molar-refractivity contribution in [2.75, 3.05) is 23.0 Å². The summed E-state index contributed by atoms with van der Waals surface area (Å²) in [5.41, 5.74) is 3.44. The first-order valence-corrected chi connectivity index (χ1v) is 10.9. The second-order valence-electron chi connectivity index (χ2n) is 7.45. The van der Waals surface area contributed by atoms with E-state index in [1.807, 2.05) is 44.2 Å². The maximum Gasteiger partial charge on any atom is 0.278 e. The second-order valence-corrected chi connectivity index (χ2v) is 9.67. The largest absolute Gasteiger partial charge is 0.306 e. The second kappa shape index (κ2) is 6.23. The van der Waals surface area contributed by atoms with E-state index in [1.54, 1.807) is 9.58 Å². The number of amides is 1. The fourth-order valence-electron chi connectivity index (χ4n) is 3.89. The van der Waals surface area contributed by atoms with Crippen molar-refractivity contribution in [1.82, 2.24) is 9.78 Å². The molecule has 0 radical (unpaired) electrons. The number of hydrogen-bond donors (Lipinski definition) is 0. The van der Waals surface area contributed by atoms with Gasteiger partial charge in [0.1, 0.15) is 0 Å². The van der Waals surface area contributed by atoms with Gasteiger partial charge in [-0.2, -0.15) is 5.10 Å². The molecule has 2 aliphatic rings. The zero-order chi connectivity index (χ0) is 18.5. The molecule has 2 aliphatic heterocycles. The molecule has 7 heteroatoms. The van der Waals surface area contributed by atoms with E-state index >= 15 is 0 Å². The van der Waals surface area contributed by atoms with Gasteiger partial charge in [-0.15, -0.1) is 0 Å². The number of fused-ring (bicyclic) bond motifs is 1. The zero-order valence-electron chi connectivity index (χ0n) is 15.1. The third kappa shape index (κ3) is 2.94. The maximum atomic E-state index is 13.1. The molecule has 6 nitrogen and oxygen atoms in total. The number of carbonyl (C=O) groups is 1. The number of carbonyl (C=O) groups excluding carboxylic acids is 1. The van der Waals surface area contributed by atoms with Crippen molar-refractivity contribution in [1.29, 1.82) is 0 Å². The lowest BCUT2D eigenvalue weighted by atomic mass is 10.1. The van der Waals surface area contributed by atoms with E-state index in [2.05, 4.69) is 5.10 Å². The minimum Gasteiger partial charge on any atom is -0.306 e. The molecule has 1 aromatic carbocycles. The first kappa shape index (κ1) is 17.3. The van der Waals surface area contributed by atoms with Crippen LogP contribution in [0.4, 0.5) is 5.69 Å². The molecule has 138 valence electrons. The van der Waals surface area contributed by atoms with Crippen LogP contribution < -0.4 is 4.90 Å². The van der Waals surface area contributed by atoms with Crippen LogP contribution in [-0.4, -0.2) is 42.2 Å². The van der Waals surface area contributed by atoms with E-state index in [4.69, 9.17) is 0 Å². The Morgan fingerprint density at radius 2 is 2.04 bits per heavy atom. The van der Waals surface area contributed by atoms with E-state index < -0.39 is 9.84 Å². The molecule has 1 fully saturated rings. The molecule has 0 N–H and O–H groups in total. The van der Waals surface area contributed by atoms with Crippen molar-refractivity contribution in [2.45, 2.75) is 38.6 Å². The first-order chi connectivity index (χ1) is 12.4. The number of aromatic nitrogens is 2. The summed E-state index contributed by atoms with van der Waals surface area (Å²) in [4.78, 5) is 14.8. The highest BCUT2D eigenvalue weighted by molar-refractivity contribution is 7.91. The monoisotopic (exact) mass is 373 g/mol. The molecule has 1 unspecified atom stereocenters. The van der Waals surface area contributed by atoms with Crippen LogP contribution in [0.3, 0.4) is 0 Å². The number of para-hydroxylation sites is 1. The van der Waals surface area contributed by atoms with Gasteiger partial charge in [0.25, 0.3) is 5.91 Å². The molecular formula is C19H23N3O3S. The van der Waals surface area contributed by atoms with Crippen LogP contribution in [0.15, 0.2) is 30.3 Å². The van der Waals surface area contributed by atoms with Crippen molar-refractivity contribution in [3.63, 3.8) is 0 Å². The molecule has 4 rings (SSSR count). The van der Waals surface area contributed by atoms with Gasteiger partial charge in [-0.25, -0.2) is 8.42 Å². The Morgan fingerprint density at radius 3 is 2.73 bits per heavy atom. The molecular weight excluding hydrogens is 350 g/mol. The molecule has 3 heterocycles. The van der Waals surface area contributed by atoms with Crippen LogP contribution in [-0.2, 0) is 16.3 Å². The van der Waals surface area contributed by atoms with Crippen LogP contribution >= 0.6 is 0 Å². The normalized spacial score (nSPS) is 21.3.